The molecule has 0 spiro atoms. The normalized spacial score (nSPS) is 10.6. The number of nitrogens with zero attached hydrogens (tertiary/aromatic N) is 1. The van der Waals surface area contributed by atoms with Crippen molar-refractivity contribution < 1.29 is 8.91 Å². The van der Waals surface area contributed by atoms with Crippen molar-refractivity contribution in [3.05, 3.63) is 34.7 Å². The summed E-state index contributed by atoms with van der Waals surface area (Å²) in [5.41, 5.74) is 7.30. The predicted octanol–water partition coefficient (Wildman–Crippen LogP) is 3.02. The van der Waals surface area contributed by atoms with Crippen molar-refractivity contribution in [1.29, 1.82) is 0 Å². The van der Waals surface area contributed by atoms with Gasteiger partial charge >= 0.3 is 0 Å². The number of hydrogen-bond acceptors (Lipinski definition) is 3. The van der Waals surface area contributed by atoms with Crippen LogP contribution in [-0.2, 0) is 0 Å². The molecule has 0 fully saturated rings. The number of benzene rings is 1. The van der Waals surface area contributed by atoms with Gasteiger partial charge in [-0.25, -0.2) is 4.39 Å². The molecule has 0 saturated carbocycles. The van der Waals surface area contributed by atoms with Gasteiger partial charge in [0.05, 0.1) is 16.8 Å². The summed E-state index contributed by atoms with van der Waals surface area (Å²) in [5, 5.41) is 3.60. The van der Waals surface area contributed by atoms with Crippen molar-refractivity contribution >= 4 is 17.5 Å². The summed E-state index contributed by atoms with van der Waals surface area (Å²) in [6.07, 6.45) is 1.47. The van der Waals surface area contributed by atoms with Crippen LogP contribution in [0.25, 0.3) is 11.1 Å². The number of aromatic nitrogens is 1. The maximum Gasteiger partial charge on any atom is 0.229 e. The quantitative estimate of drug-likeness (QED) is 0.813. The van der Waals surface area contributed by atoms with Gasteiger partial charge in [0, 0.05) is 0 Å². The van der Waals surface area contributed by atoms with Crippen LogP contribution in [0.4, 0.5) is 10.3 Å². The third-order valence-corrected chi connectivity index (χ3v) is 2.39. The van der Waals surface area contributed by atoms with Crippen molar-refractivity contribution in [2.45, 2.75) is 6.92 Å². The lowest BCUT2D eigenvalue weighted by molar-refractivity contribution is 0.436. The fraction of sp³-hybridized carbons (Fsp3) is 0.100. The van der Waals surface area contributed by atoms with Gasteiger partial charge in [0.2, 0.25) is 5.88 Å². The van der Waals surface area contributed by atoms with Gasteiger partial charge in [0.1, 0.15) is 5.82 Å². The lowest BCUT2D eigenvalue weighted by Crippen LogP contribution is -1.89. The highest BCUT2D eigenvalue weighted by Gasteiger charge is 2.11. The molecule has 78 valence electrons. The van der Waals surface area contributed by atoms with E-state index in [1.807, 2.05) is 0 Å². The van der Waals surface area contributed by atoms with Gasteiger partial charge in [-0.15, -0.1) is 0 Å². The van der Waals surface area contributed by atoms with Gasteiger partial charge < -0.3 is 10.3 Å². The van der Waals surface area contributed by atoms with Gasteiger partial charge in [-0.05, 0) is 30.2 Å². The topological polar surface area (TPSA) is 52.0 Å². The summed E-state index contributed by atoms with van der Waals surface area (Å²) in [7, 11) is 0. The molecule has 15 heavy (non-hydrogen) atoms. The van der Waals surface area contributed by atoms with Gasteiger partial charge in [0.15, 0.2) is 0 Å². The van der Waals surface area contributed by atoms with Crippen LogP contribution in [0.3, 0.4) is 0 Å². The maximum absolute atomic E-state index is 13.3. The molecule has 0 saturated heterocycles. The minimum Gasteiger partial charge on any atom is -0.367 e. The molecule has 0 aliphatic rings. The maximum atomic E-state index is 13.3. The largest absolute Gasteiger partial charge is 0.367 e. The standard InChI is InChI=1S/C10H8ClFN2O/c1-5-2-6(3-8(11)9(5)12)7-4-14-15-10(7)13/h2-4H,13H2,1H3. The zero-order valence-electron chi connectivity index (χ0n) is 7.92. The Morgan fingerprint density at radius 1 is 1.47 bits per heavy atom. The summed E-state index contributed by atoms with van der Waals surface area (Å²) in [5.74, 6) is -0.229. The van der Waals surface area contributed by atoms with Crippen LogP contribution in [-0.4, -0.2) is 5.16 Å². The Kier molecular flexibility index (Phi) is 2.36. The zero-order chi connectivity index (χ0) is 11.0. The molecule has 0 amide bonds. The summed E-state index contributed by atoms with van der Waals surface area (Å²) >= 11 is 5.72. The van der Waals surface area contributed by atoms with Crippen LogP contribution in [0.1, 0.15) is 5.56 Å². The van der Waals surface area contributed by atoms with E-state index in [4.69, 9.17) is 21.9 Å². The fourth-order valence-corrected chi connectivity index (χ4v) is 1.61. The average molecular weight is 227 g/mol. The lowest BCUT2D eigenvalue weighted by atomic mass is 10.1. The van der Waals surface area contributed by atoms with Gasteiger partial charge in [-0.3, -0.25) is 0 Å². The van der Waals surface area contributed by atoms with E-state index in [0.29, 0.717) is 16.7 Å². The molecule has 1 aromatic carbocycles. The van der Waals surface area contributed by atoms with Crippen LogP contribution in [0, 0.1) is 12.7 Å². The molecule has 0 aliphatic heterocycles. The highest BCUT2D eigenvalue weighted by Crippen LogP contribution is 2.30. The van der Waals surface area contributed by atoms with E-state index < -0.39 is 5.82 Å². The second kappa shape index (κ2) is 3.55. The Morgan fingerprint density at radius 3 is 2.73 bits per heavy atom. The molecule has 2 N–H and O–H groups in total. The summed E-state index contributed by atoms with van der Waals surface area (Å²) in [4.78, 5) is 0. The van der Waals surface area contributed by atoms with E-state index in [-0.39, 0.29) is 10.9 Å². The Bertz CT molecular complexity index is 487. The Labute approximate surface area is 90.6 Å². The second-order valence-corrected chi connectivity index (χ2v) is 3.60. The molecule has 5 heteroatoms. The van der Waals surface area contributed by atoms with E-state index in [1.165, 1.54) is 12.3 Å². The molecule has 2 aromatic rings. The highest BCUT2D eigenvalue weighted by atomic mass is 35.5. The number of anilines is 1. The zero-order valence-corrected chi connectivity index (χ0v) is 8.68. The number of halogens is 2. The van der Waals surface area contributed by atoms with Crippen molar-refractivity contribution in [1.82, 2.24) is 5.16 Å². The first-order chi connectivity index (χ1) is 7.09. The van der Waals surface area contributed by atoms with E-state index in [1.54, 1.807) is 13.0 Å². The third kappa shape index (κ3) is 1.68. The molecular formula is C10H8ClFN2O. The molecule has 0 radical (unpaired) electrons. The first kappa shape index (κ1) is 9.98. The summed E-state index contributed by atoms with van der Waals surface area (Å²) in [6.45, 7) is 1.63. The van der Waals surface area contributed by atoms with E-state index in [0.717, 1.165) is 0 Å². The number of nitrogen functional groups attached to an aromatic ring is 1. The van der Waals surface area contributed by atoms with Gasteiger partial charge in [0.25, 0.3) is 0 Å². The van der Waals surface area contributed by atoms with E-state index in [9.17, 15) is 4.39 Å². The summed E-state index contributed by atoms with van der Waals surface area (Å²) in [6, 6.07) is 3.14. The first-order valence-electron chi connectivity index (χ1n) is 4.25. The molecule has 1 heterocycles. The smallest absolute Gasteiger partial charge is 0.229 e. The molecule has 1 aromatic heterocycles. The number of nitrogens with two attached hydrogens (primary N) is 1. The lowest BCUT2D eigenvalue weighted by Gasteiger charge is -2.03. The fourth-order valence-electron chi connectivity index (χ4n) is 1.35. The molecule has 0 aliphatic carbocycles. The van der Waals surface area contributed by atoms with Crippen LogP contribution in [0.2, 0.25) is 5.02 Å². The predicted molar refractivity (Wildman–Crippen MR) is 56.1 cm³/mol. The number of rotatable bonds is 1. The molecule has 3 nitrogen and oxygen atoms in total. The Balaban J connectivity index is 2.60. The SMILES string of the molecule is Cc1cc(-c2cnoc2N)cc(Cl)c1F. The first-order valence-corrected chi connectivity index (χ1v) is 4.63. The molecule has 0 bridgehead atoms. The Hall–Kier alpha value is -1.55. The minimum atomic E-state index is -0.421. The van der Waals surface area contributed by atoms with Crippen molar-refractivity contribution in [2.75, 3.05) is 5.73 Å². The van der Waals surface area contributed by atoms with Crippen LogP contribution < -0.4 is 5.73 Å². The Morgan fingerprint density at radius 2 is 2.20 bits per heavy atom. The van der Waals surface area contributed by atoms with Crippen LogP contribution >= 0.6 is 11.6 Å². The minimum absolute atomic E-state index is 0.0607. The molecule has 0 unspecified atom stereocenters. The third-order valence-electron chi connectivity index (χ3n) is 2.12. The van der Waals surface area contributed by atoms with Gasteiger partial charge in [-0.2, -0.15) is 0 Å². The van der Waals surface area contributed by atoms with Crippen LogP contribution in [0.15, 0.2) is 22.9 Å². The van der Waals surface area contributed by atoms with Crippen molar-refractivity contribution in [2.24, 2.45) is 0 Å². The van der Waals surface area contributed by atoms with Crippen molar-refractivity contribution in [3.63, 3.8) is 0 Å². The molecule has 2 rings (SSSR count). The number of aryl methyl sites for hydroxylation is 1. The monoisotopic (exact) mass is 226 g/mol. The molecular weight excluding hydrogens is 219 g/mol. The van der Waals surface area contributed by atoms with Gasteiger partial charge in [-0.1, -0.05) is 16.8 Å². The number of hydrogen-bond donors (Lipinski definition) is 1. The highest BCUT2D eigenvalue weighted by molar-refractivity contribution is 6.31. The average Bonchev–Trinajstić information content (AvgIpc) is 2.60. The van der Waals surface area contributed by atoms with Crippen molar-refractivity contribution in [3.8, 4) is 11.1 Å². The molecule has 0 atom stereocenters. The van der Waals surface area contributed by atoms with Crippen LogP contribution in [0.5, 0.6) is 0 Å². The summed E-state index contributed by atoms with van der Waals surface area (Å²) < 4.78 is 18.0. The van der Waals surface area contributed by atoms with E-state index >= 15 is 0 Å². The second-order valence-electron chi connectivity index (χ2n) is 3.19. The van der Waals surface area contributed by atoms with E-state index in [2.05, 4.69) is 5.16 Å².